The van der Waals surface area contributed by atoms with Crippen LogP contribution in [0.2, 0.25) is 0 Å². The summed E-state index contributed by atoms with van der Waals surface area (Å²) in [5.41, 5.74) is 6.54. The Morgan fingerprint density at radius 3 is 2.91 bits per heavy atom. The van der Waals surface area contributed by atoms with Gasteiger partial charge in [-0.1, -0.05) is 0 Å². The molecule has 8 heteroatoms. The Bertz CT molecular complexity index is 608. The first-order valence-corrected chi connectivity index (χ1v) is 7.22. The first-order chi connectivity index (χ1) is 10.9. The zero-order valence-corrected chi connectivity index (χ0v) is 13.3. The molecule has 0 fully saturated rings. The van der Waals surface area contributed by atoms with Crippen molar-refractivity contribution in [3.05, 3.63) is 41.5 Å². The van der Waals surface area contributed by atoms with Crippen molar-refractivity contribution in [1.29, 1.82) is 0 Å². The molecule has 0 saturated heterocycles. The molecule has 0 amide bonds. The van der Waals surface area contributed by atoms with E-state index in [0.717, 1.165) is 0 Å². The number of ether oxygens (including phenoxy) is 1. The number of hydrazine groups is 1. The molecule has 0 aliphatic carbocycles. The van der Waals surface area contributed by atoms with Crippen LogP contribution in [0.3, 0.4) is 0 Å². The molecular formula is C15H21FN4O3. The van der Waals surface area contributed by atoms with Gasteiger partial charge in [0.05, 0.1) is 6.61 Å². The predicted molar refractivity (Wildman–Crippen MR) is 82.1 cm³/mol. The van der Waals surface area contributed by atoms with Gasteiger partial charge in [0.15, 0.2) is 12.0 Å². The number of hydrogen-bond acceptors (Lipinski definition) is 7. The molecule has 0 saturated carbocycles. The van der Waals surface area contributed by atoms with Gasteiger partial charge in [-0.3, -0.25) is 4.90 Å². The maximum atomic E-state index is 13.3. The molecule has 2 rings (SSSR count). The standard InChI is InChI=1S/C15H21FN4O3/c1-4-23-14(22)12-9-20(3)15(18-17-12)19(2)8-10-7-11(16)5-6-13(10)21/h5-7,9,15,17-18,21H,4,8H2,1-3H3. The molecule has 1 aromatic carbocycles. The first-order valence-electron chi connectivity index (χ1n) is 7.22. The Kier molecular flexibility index (Phi) is 5.41. The number of phenols is 1. The lowest BCUT2D eigenvalue weighted by atomic mass is 10.2. The first kappa shape index (κ1) is 17.0. The molecule has 1 atom stereocenters. The van der Waals surface area contributed by atoms with Gasteiger partial charge in [0.1, 0.15) is 11.6 Å². The fourth-order valence-electron chi connectivity index (χ4n) is 2.32. The Labute approximate surface area is 134 Å². The maximum absolute atomic E-state index is 13.3. The highest BCUT2D eigenvalue weighted by molar-refractivity contribution is 5.87. The fraction of sp³-hybridized carbons (Fsp3) is 0.400. The van der Waals surface area contributed by atoms with Crippen LogP contribution >= 0.6 is 0 Å². The van der Waals surface area contributed by atoms with Gasteiger partial charge >= 0.3 is 5.97 Å². The molecule has 1 unspecified atom stereocenters. The number of nitrogens with one attached hydrogen (secondary N) is 2. The molecule has 1 aliphatic rings. The van der Waals surface area contributed by atoms with E-state index in [1.54, 1.807) is 25.1 Å². The van der Waals surface area contributed by atoms with E-state index in [-0.39, 0.29) is 12.0 Å². The topological polar surface area (TPSA) is 77.1 Å². The van der Waals surface area contributed by atoms with Crippen LogP contribution in [0.1, 0.15) is 12.5 Å². The zero-order chi connectivity index (χ0) is 17.0. The number of hydrogen-bond donors (Lipinski definition) is 3. The van der Waals surface area contributed by atoms with Crippen LogP contribution in [0.15, 0.2) is 30.1 Å². The normalized spacial score (nSPS) is 17.7. The molecule has 0 aromatic heterocycles. The van der Waals surface area contributed by atoms with Gasteiger partial charge in [-0.15, -0.1) is 0 Å². The van der Waals surface area contributed by atoms with E-state index in [1.807, 2.05) is 11.9 Å². The highest BCUT2D eigenvalue weighted by Gasteiger charge is 2.25. The molecule has 0 bridgehead atoms. The van der Waals surface area contributed by atoms with Gasteiger partial charge in [-0.25, -0.2) is 14.6 Å². The molecule has 1 heterocycles. The lowest BCUT2D eigenvalue weighted by molar-refractivity contribution is -0.139. The summed E-state index contributed by atoms with van der Waals surface area (Å²) in [5, 5.41) is 9.81. The van der Waals surface area contributed by atoms with Crippen molar-refractivity contribution < 1.29 is 19.0 Å². The average molecular weight is 324 g/mol. The summed E-state index contributed by atoms with van der Waals surface area (Å²) in [4.78, 5) is 15.3. The predicted octanol–water partition coefficient (Wildman–Crippen LogP) is 0.691. The quantitative estimate of drug-likeness (QED) is 0.688. The van der Waals surface area contributed by atoms with Gasteiger partial charge in [0, 0.05) is 25.4 Å². The molecule has 126 valence electrons. The lowest BCUT2D eigenvalue weighted by Gasteiger charge is -2.39. The second-order valence-corrected chi connectivity index (χ2v) is 5.26. The van der Waals surface area contributed by atoms with Crippen molar-refractivity contribution in [2.45, 2.75) is 19.8 Å². The number of esters is 1. The van der Waals surface area contributed by atoms with Crippen LogP contribution < -0.4 is 10.9 Å². The summed E-state index contributed by atoms with van der Waals surface area (Å²) < 4.78 is 18.2. The van der Waals surface area contributed by atoms with Crippen LogP contribution in [-0.4, -0.2) is 47.9 Å². The van der Waals surface area contributed by atoms with Crippen molar-refractivity contribution in [1.82, 2.24) is 20.7 Å². The third-order valence-corrected chi connectivity index (χ3v) is 3.43. The number of nitrogens with zero attached hydrogens (tertiary/aromatic N) is 2. The number of benzene rings is 1. The Morgan fingerprint density at radius 2 is 2.26 bits per heavy atom. The van der Waals surface area contributed by atoms with E-state index in [0.29, 0.717) is 24.4 Å². The van der Waals surface area contributed by atoms with Crippen LogP contribution in [-0.2, 0) is 16.1 Å². The van der Waals surface area contributed by atoms with Crippen molar-refractivity contribution >= 4 is 5.97 Å². The fourth-order valence-corrected chi connectivity index (χ4v) is 2.32. The lowest BCUT2D eigenvalue weighted by Crippen LogP contribution is -2.60. The van der Waals surface area contributed by atoms with Crippen LogP contribution in [0, 0.1) is 5.82 Å². The highest BCUT2D eigenvalue weighted by atomic mass is 19.1. The number of halogens is 1. The van der Waals surface area contributed by atoms with Crippen LogP contribution in [0.4, 0.5) is 4.39 Å². The monoisotopic (exact) mass is 324 g/mol. The van der Waals surface area contributed by atoms with Crippen molar-refractivity contribution in [3.8, 4) is 5.75 Å². The number of phenolic OH excluding ortho intramolecular Hbond substituents is 1. The van der Waals surface area contributed by atoms with Gasteiger partial charge in [0.2, 0.25) is 0 Å². The van der Waals surface area contributed by atoms with Crippen molar-refractivity contribution in [2.75, 3.05) is 20.7 Å². The van der Waals surface area contributed by atoms with E-state index >= 15 is 0 Å². The minimum Gasteiger partial charge on any atom is -0.508 e. The highest BCUT2D eigenvalue weighted by Crippen LogP contribution is 2.20. The summed E-state index contributed by atoms with van der Waals surface area (Å²) in [6, 6.07) is 3.83. The largest absolute Gasteiger partial charge is 0.508 e. The SMILES string of the molecule is CCOC(=O)C1=CN(C)C(N(C)Cc2cc(F)ccc2O)NN1. The molecule has 0 radical (unpaired) electrons. The third-order valence-electron chi connectivity index (χ3n) is 3.43. The Hall–Kier alpha value is -2.32. The second kappa shape index (κ2) is 7.30. The van der Waals surface area contributed by atoms with Gasteiger partial charge in [-0.05, 0) is 32.2 Å². The van der Waals surface area contributed by atoms with E-state index < -0.39 is 11.8 Å². The number of rotatable bonds is 5. The average Bonchev–Trinajstić information content (AvgIpc) is 2.51. The summed E-state index contributed by atoms with van der Waals surface area (Å²) in [5.74, 6) is -0.818. The number of carbonyl (C=O) groups is 1. The summed E-state index contributed by atoms with van der Waals surface area (Å²) in [6.07, 6.45) is 1.33. The number of aromatic hydroxyl groups is 1. The Balaban J connectivity index is 2.05. The molecule has 23 heavy (non-hydrogen) atoms. The number of carbonyl (C=O) groups excluding carboxylic acids is 1. The maximum Gasteiger partial charge on any atom is 0.357 e. The van der Waals surface area contributed by atoms with Crippen molar-refractivity contribution in [2.24, 2.45) is 0 Å². The molecule has 1 aliphatic heterocycles. The second-order valence-electron chi connectivity index (χ2n) is 5.26. The summed E-state index contributed by atoms with van der Waals surface area (Å²) in [6.45, 7) is 2.35. The van der Waals surface area contributed by atoms with E-state index in [2.05, 4.69) is 10.9 Å². The van der Waals surface area contributed by atoms with Crippen LogP contribution in [0.5, 0.6) is 5.75 Å². The summed E-state index contributed by atoms with van der Waals surface area (Å²) >= 11 is 0. The molecule has 7 nitrogen and oxygen atoms in total. The zero-order valence-electron chi connectivity index (χ0n) is 13.3. The van der Waals surface area contributed by atoms with E-state index in [4.69, 9.17) is 4.74 Å². The molecule has 1 aromatic rings. The van der Waals surface area contributed by atoms with Crippen LogP contribution in [0.25, 0.3) is 0 Å². The minimum atomic E-state index is -0.448. The van der Waals surface area contributed by atoms with Gasteiger partial charge < -0.3 is 20.2 Å². The summed E-state index contributed by atoms with van der Waals surface area (Å²) in [7, 11) is 3.60. The molecular weight excluding hydrogens is 303 g/mol. The van der Waals surface area contributed by atoms with E-state index in [9.17, 15) is 14.3 Å². The Morgan fingerprint density at radius 1 is 1.52 bits per heavy atom. The minimum absolute atomic E-state index is 0.0347. The molecule has 3 N–H and O–H groups in total. The molecule has 0 spiro atoms. The smallest absolute Gasteiger partial charge is 0.357 e. The van der Waals surface area contributed by atoms with Gasteiger partial charge in [-0.2, -0.15) is 0 Å². The van der Waals surface area contributed by atoms with E-state index in [1.165, 1.54) is 18.2 Å². The van der Waals surface area contributed by atoms with Gasteiger partial charge in [0.25, 0.3) is 0 Å². The van der Waals surface area contributed by atoms with Crippen molar-refractivity contribution in [3.63, 3.8) is 0 Å². The third kappa shape index (κ3) is 4.11.